The average Bonchev–Trinajstić information content (AvgIpc) is 0.722. The summed E-state index contributed by atoms with van der Waals surface area (Å²) in [7, 11) is -4.69. The Bertz CT molecular complexity index is 31.5. The van der Waals surface area contributed by atoms with Gasteiger partial charge < -0.3 is 1.43 Å². The third-order valence-electron chi connectivity index (χ3n) is 0. The largest absolute Gasteiger partial charge is 4.00 e. The van der Waals surface area contributed by atoms with Gasteiger partial charge in [0.2, 0.25) is 0 Å². The Kier molecular flexibility index (Phi) is 15.3. The van der Waals surface area contributed by atoms with Crippen LogP contribution in [0.2, 0.25) is 0 Å². The van der Waals surface area contributed by atoms with Crippen LogP contribution >= 0.6 is 0 Å². The quantitative estimate of drug-likeness (QED) is 0.388. The fraction of sp³-hybridized carbons (Fsp3) is 0. The van der Waals surface area contributed by atoms with Gasteiger partial charge in [0.15, 0.2) is 0 Å². The van der Waals surface area contributed by atoms with E-state index in [1.165, 1.54) is 0 Å². The minimum Gasteiger partial charge on any atom is -0.183 e. The van der Waals surface area contributed by atoms with Crippen molar-refractivity contribution in [2.24, 2.45) is 0 Å². The molecule has 0 aliphatic rings. The molecule has 7 heavy (non-hydrogen) atoms. The van der Waals surface area contributed by atoms with Gasteiger partial charge >= 0.3 is 73.1 Å². The molecule has 0 saturated heterocycles. The predicted octanol–water partition coefficient (Wildman–Crippen LogP) is -4.66. The van der Waals surface area contributed by atoms with Crippen molar-refractivity contribution >= 4 is 51.4 Å². The van der Waals surface area contributed by atoms with E-state index in [2.05, 4.69) is 0 Å². The molecule has 0 spiro atoms. The van der Waals surface area contributed by atoms with Gasteiger partial charge in [-0.05, 0) is 0 Å². The van der Waals surface area contributed by atoms with Crippen molar-refractivity contribution < 1.29 is 52.0 Å². The van der Waals surface area contributed by atoms with E-state index in [4.69, 9.17) is 18.6 Å². The molecule has 0 rings (SSSR count). The number of rotatable bonds is 0. The van der Waals surface area contributed by atoms with Crippen LogP contribution in [0.15, 0.2) is 0 Å². The molecule has 0 amide bonds. The molecule has 0 aliphatic heterocycles. The van der Waals surface area contributed by atoms with E-state index in [1.54, 1.807) is 0 Å². The number of hydrogen-bond acceptors (Lipinski definition) is 4. The summed E-state index contributed by atoms with van der Waals surface area (Å²) in [5, 5.41) is 0. The van der Waals surface area contributed by atoms with Crippen molar-refractivity contribution in [3.63, 3.8) is 0 Å². The Morgan fingerprint density at radius 1 is 1.29 bits per heavy atom. The minimum absolute atomic E-state index is 0. The minimum atomic E-state index is -4.69. The van der Waals surface area contributed by atoms with Gasteiger partial charge in [0.1, 0.15) is 0 Å². The van der Waals surface area contributed by atoms with Gasteiger partial charge in [-0.25, -0.2) is 0 Å². The molecule has 0 unspecified atom stereocenters. The summed E-state index contributed by atoms with van der Waals surface area (Å²) in [5.74, 6) is 0. The van der Waals surface area contributed by atoms with Crippen molar-refractivity contribution in [1.29, 1.82) is 0 Å². The maximum atomic E-state index is 8.60. The summed E-state index contributed by atoms with van der Waals surface area (Å²) in [6.45, 7) is 0. The van der Waals surface area contributed by atoms with Crippen molar-refractivity contribution in [2.45, 2.75) is 0 Å². The summed E-state index contributed by atoms with van der Waals surface area (Å²) in [4.78, 5) is 0. The Balaban J connectivity index is -0.0000000267. The smallest absolute Gasteiger partial charge is 0.183 e. The molecule has 0 aromatic rings. The summed E-state index contributed by atoms with van der Waals surface area (Å²) in [5.41, 5.74) is 0. The zero-order valence-corrected chi connectivity index (χ0v) is 4.87. The van der Waals surface area contributed by atoms with Crippen molar-refractivity contribution in [3.05, 3.63) is 0 Å². The molecular formula is H3ClKO4Ti+3. The Labute approximate surface area is 101 Å². The second-order valence-electron chi connectivity index (χ2n) is 0.396. The van der Waals surface area contributed by atoms with Gasteiger partial charge in [0.25, 0.3) is 0 Å². The summed E-state index contributed by atoms with van der Waals surface area (Å²) in [6, 6.07) is 0. The number of halogens is 1. The first-order valence-corrected chi connectivity index (χ1v) is 1.90. The third-order valence-corrected chi connectivity index (χ3v) is 0. The summed E-state index contributed by atoms with van der Waals surface area (Å²) < 4.78 is 32.7. The van der Waals surface area contributed by atoms with Crippen molar-refractivity contribution in [3.8, 4) is 0 Å². The van der Waals surface area contributed by atoms with Crippen LogP contribution in [0.3, 0.4) is 0 Å². The second kappa shape index (κ2) is 6.60. The molecule has 0 fully saturated rings. The van der Waals surface area contributed by atoms with Crippen LogP contribution in [0.1, 0.15) is 1.43 Å². The van der Waals surface area contributed by atoms with Gasteiger partial charge in [0.05, 0.1) is 14.9 Å². The van der Waals surface area contributed by atoms with Crippen LogP contribution in [0, 0.1) is 10.2 Å². The monoisotopic (exact) mass is 189 g/mol. The van der Waals surface area contributed by atoms with Crippen molar-refractivity contribution in [1.82, 2.24) is 0 Å². The van der Waals surface area contributed by atoms with Crippen LogP contribution in [0.25, 0.3) is 0 Å². The van der Waals surface area contributed by atoms with E-state index >= 15 is 0 Å². The molecule has 4 nitrogen and oxygen atoms in total. The predicted molar refractivity (Wildman–Crippen MR) is 10.5 cm³/mol. The molecular weight excluding hydrogens is 186 g/mol. The molecule has 0 aromatic heterocycles. The summed E-state index contributed by atoms with van der Waals surface area (Å²) >= 11 is 0. The van der Waals surface area contributed by atoms with Crippen LogP contribution in [-0.2, 0) is 21.7 Å². The molecule has 0 atom stereocenters. The zero-order chi connectivity index (χ0) is 4.50. The fourth-order valence-electron chi connectivity index (χ4n) is 0. The average molecular weight is 189 g/mol. The van der Waals surface area contributed by atoms with E-state index in [-0.39, 0.29) is 74.5 Å². The standard InChI is InChI=1S/ClHO4.K.Ti.2H/c2-1(3,4)5;;;;/h(H,2,3,4,5);;;;/q;;+4;;-1. The second-order valence-corrected chi connectivity index (χ2v) is 1.19. The zero-order valence-electron chi connectivity index (χ0n) is 3.55. The van der Waals surface area contributed by atoms with Gasteiger partial charge in [-0.15, -0.1) is 0 Å². The van der Waals surface area contributed by atoms with Crippen molar-refractivity contribution in [2.75, 3.05) is 0 Å². The first-order valence-electron chi connectivity index (χ1n) is 0.632. The molecule has 0 aromatic carbocycles. The molecule has 0 radical (unpaired) electrons. The number of hydrogen-bond donors (Lipinski definition) is 1. The molecule has 0 aliphatic carbocycles. The van der Waals surface area contributed by atoms with E-state index in [0.717, 1.165) is 0 Å². The van der Waals surface area contributed by atoms with Crippen LogP contribution < -0.4 is 14.0 Å². The maximum absolute atomic E-state index is 8.60. The van der Waals surface area contributed by atoms with Crippen LogP contribution in [-0.4, -0.2) is 56.0 Å². The van der Waals surface area contributed by atoms with Gasteiger partial charge in [-0.2, -0.15) is 14.0 Å². The normalized spacial score (nSPS) is 8.57. The SMILES string of the molecule is [H-].[KH].[O-][Cl+3]([O-])([O-])O.[Ti+4]. The van der Waals surface area contributed by atoms with E-state index in [1.807, 2.05) is 0 Å². The Morgan fingerprint density at radius 3 is 1.29 bits per heavy atom. The Morgan fingerprint density at radius 2 is 1.29 bits per heavy atom. The molecule has 0 saturated carbocycles. The molecule has 7 heteroatoms. The first kappa shape index (κ1) is 16.2. The molecule has 0 heterocycles. The fourth-order valence-corrected chi connectivity index (χ4v) is 0. The van der Waals surface area contributed by atoms with E-state index in [9.17, 15) is 0 Å². The molecule has 36 valence electrons. The summed E-state index contributed by atoms with van der Waals surface area (Å²) in [6.07, 6.45) is 0. The van der Waals surface area contributed by atoms with Gasteiger partial charge in [-0.1, -0.05) is 0 Å². The topological polar surface area (TPSA) is 89.4 Å². The first-order chi connectivity index (χ1) is 2.00. The molecule has 1 N–H and O–H groups in total. The maximum Gasteiger partial charge on any atom is 4.00 e. The molecule has 0 bridgehead atoms. The van der Waals surface area contributed by atoms with Crippen LogP contribution in [0.5, 0.6) is 0 Å². The van der Waals surface area contributed by atoms with Gasteiger partial charge in [0, 0.05) is 0 Å². The van der Waals surface area contributed by atoms with Crippen LogP contribution in [0.4, 0.5) is 0 Å². The van der Waals surface area contributed by atoms with Gasteiger partial charge in [-0.3, -0.25) is 0 Å². The third kappa shape index (κ3) is 57.9. The Hall–Kier alpha value is 2.48. The van der Waals surface area contributed by atoms with E-state index in [0.29, 0.717) is 0 Å². The van der Waals surface area contributed by atoms with E-state index < -0.39 is 10.2 Å².